The van der Waals surface area contributed by atoms with E-state index < -0.39 is 18.7 Å². The SMILES string of the molecule is CC(C)C1CCC(O)C(N(C)CCC(F)(F)F)C1. The van der Waals surface area contributed by atoms with Gasteiger partial charge in [-0.25, -0.2) is 0 Å². The van der Waals surface area contributed by atoms with Gasteiger partial charge in [0.25, 0.3) is 0 Å². The normalized spacial score (nSPS) is 30.2. The third-order valence-electron chi connectivity index (χ3n) is 4.08. The molecule has 0 spiro atoms. The van der Waals surface area contributed by atoms with Gasteiger partial charge in [0.2, 0.25) is 0 Å². The Labute approximate surface area is 107 Å². The summed E-state index contributed by atoms with van der Waals surface area (Å²) in [6, 6.07) is -0.131. The van der Waals surface area contributed by atoms with Gasteiger partial charge in [-0.3, -0.25) is 0 Å². The predicted octanol–water partition coefficient (Wildman–Crippen LogP) is 3.06. The van der Waals surface area contributed by atoms with Gasteiger partial charge in [-0.1, -0.05) is 13.8 Å². The second-order valence-corrected chi connectivity index (χ2v) is 5.80. The van der Waals surface area contributed by atoms with E-state index >= 15 is 0 Å². The van der Waals surface area contributed by atoms with Crippen LogP contribution in [0.15, 0.2) is 0 Å². The average Bonchev–Trinajstić information content (AvgIpc) is 2.25. The van der Waals surface area contributed by atoms with Crippen molar-refractivity contribution in [3.05, 3.63) is 0 Å². The van der Waals surface area contributed by atoms with E-state index in [0.717, 1.165) is 12.8 Å². The lowest BCUT2D eigenvalue weighted by Crippen LogP contribution is -2.47. The van der Waals surface area contributed by atoms with Crippen molar-refractivity contribution in [3.8, 4) is 0 Å². The highest BCUT2D eigenvalue weighted by Gasteiger charge is 2.35. The second kappa shape index (κ2) is 6.24. The second-order valence-electron chi connectivity index (χ2n) is 5.80. The van der Waals surface area contributed by atoms with Crippen LogP contribution >= 0.6 is 0 Å². The Kier molecular flexibility index (Phi) is 5.46. The Morgan fingerprint density at radius 1 is 1.28 bits per heavy atom. The molecule has 2 nitrogen and oxygen atoms in total. The van der Waals surface area contributed by atoms with E-state index in [4.69, 9.17) is 0 Å². The van der Waals surface area contributed by atoms with Gasteiger partial charge in [0.15, 0.2) is 0 Å². The first-order chi connectivity index (χ1) is 8.20. The van der Waals surface area contributed by atoms with Crippen molar-refractivity contribution in [1.29, 1.82) is 0 Å². The minimum atomic E-state index is -4.12. The van der Waals surface area contributed by atoms with Gasteiger partial charge < -0.3 is 10.0 Å². The number of halogens is 3. The zero-order valence-electron chi connectivity index (χ0n) is 11.4. The van der Waals surface area contributed by atoms with E-state index in [2.05, 4.69) is 13.8 Å². The van der Waals surface area contributed by atoms with Gasteiger partial charge in [-0.05, 0) is 38.1 Å². The molecule has 0 aromatic heterocycles. The lowest BCUT2D eigenvalue weighted by molar-refractivity contribution is -0.140. The summed E-state index contributed by atoms with van der Waals surface area (Å²) in [6.45, 7) is 4.24. The fourth-order valence-electron chi connectivity index (χ4n) is 2.71. The van der Waals surface area contributed by atoms with Crippen molar-refractivity contribution in [3.63, 3.8) is 0 Å². The number of likely N-dealkylation sites (N-methyl/N-ethyl adjacent to an activating group) is 1. The van der Waals surface area contributed by atoms with Crippen molar-refractivity contribution in [2.45, 2.75) is 57.9 Å². The van der Waals surface area contributed by atoms with Crippen LogP contribution in [0.5, 0.6) is 0 Å². The van der Waals surface area contributed by atoms with Crippen LogP contribution in [-0.4, -0.2) is 41.9 Å². The molecule has 1 fully saturated rings. The van der Waals surface area contributed by atoms with Gasteiger partial charge in [0, 0.05) is 12.6 Å². The Morgan fingerprint density at radius 2 is 1.89 bits per heavy atom. The first kappa shape index (κ1) is 15.8. The van der Waals surface area contributed by atoms with Crippen molar-refractivity contribution < 1.29 is 18.3 Å². The molecular weight excluding hydrogens is 243 g/mol. The molecule has 0 amide bonds. The van der Waals surface area contributed by atoms with Gasteiger partial charge in [0.1, 0.15) is 0 Å². The number of aliphatic hydroxyl groups is 1. The summed E-state index contributed by atoms with van der Waals surface area (Å²) in [6.07, 6.45) is -2.94. The van der Waals surface area contributed by atoms with Crippen molar-refractivity contribution in [1.82, 2.24) is 4.90 Å². The van der Waals surface area contributed by atoms with Crippen LogP contribution in [0.1, 0.15) is 39.5 Å². The van der Waals surface area contributed by atoms with Crippen LogP contribution in [0.25, 0.3) is 0 Å². The number of hydrogen-bond acceptors (Lipinski definition) is 2. The maximum atomic E-state index is 12.2. The third kappa shape index (κ3) is 4.76. The molecule has 0 saturated heterocycles. The van der Waals surface area contributed by atoms with Crippen LogP contribution in [0.3, 0.4) is 0 Å². The highest BCUT2D eigenvalue weighted by atomic mass is 19.4. The Balaban J connectivity index is 2.51. The molecule has 0 radical (unpaired) electrons. The van der Waals surface area contributed by atoms with Gasteiger partial charge >= 0.3 is 6.18 Å². The van der Waals surface area contributed by atoms with Gasteiger partial charge in [0.05, 0.1) is 12.5 Å². The zero-order valence-corrected chi connectivity index (χ0v) is 11.4. The van der Waals surface area contributed by atoms with Crippen molar-refractivity contribution in [2.75, 3.05) is 13.6 Å². The fourth-order valence-corrected chi connectivity index (χ4v) is 2.71. The molecule has 1 aliphatic rings. The lowest BCUT2D eigenvalue weighted by atomic mass is 9.77. The number of rotatable bonds is 4. The van der Waals surface area contributed by atoms with E-state index in [1.807, 2.05) is 0 Å². The first-order valence-corrected chi connectivity index (χ1v) is 6.65. The summed E-state index contributed by atoms with van der Waals surface area (Å²) in [5.41, 5.74) is 0. The number of nitrogens with zero attached hydrogens (tertiary/aromatic N) is 1. The summed E-state index contributed by atoms with van der Waals surface area (Å²) in [5, 5.41) is 9.95. The summed E-state index contributed by atoms with van der Waals surface area (Å²) in [7, 11) is 1.68. The third-order valence-corrected chi connectivity index (χ3v) is 4.08. The summed E-state index contributed by atoms with van der Waals surface area (Å²) >= 11 is 0. The molecule has 0 bridgehead atoms. The molecule has 1 N–H and O–H groups in total. The number of aliphatic hydroxyl groups excluding tert-OH is 1. The molecule has 1 saturated carbocycles. The first-order valence-electron chi connectivity index (χ1n) is 6.65. The van der Waals surface area contributed by atoms with Crippen LogP contribution in [-0.2, 0) is 0 Å². The molecule has 0 aliphatic heterocycles. The predicted molar refractivity (Wildman–Crippen MR) is 65.3 cm³/mol. The minimum Gasteiger partial charge on any atom is -0.391 e. The highest BCUT2D eigenvalue weighted by Crippen LogP contribution is 2.33. The van der Waals surface area contributed by atoms with Crippen LogP contribution in [0.4, 0.5) is 13.2 Å². The molecule has 3 atom stereocenters. The summed E-state index contributed by atoms with van der Waals surface area (Å²) in [5.74, 6) is 1.03. The maximum Gasteiger partial charge on any atom is 0.390 e. The molecule has 0 aromatic rings. The molecule has 0 aromatic carbocycles. The van der Waals surface area contributed by atoms with Crippen LogP contribution < -0.4 is 0 Å². The largest absolute Gasteiger partial charge is 0.391 e. The molecule has 1 aliphatic carbocycles. The van der Waals surface area contributed by atoms with Crippen molar-refractivity contribution in [2.24, 2.45) is 11.8 Å². The molecular formula is C13H24F3NO. The number of hydrogen-bond donors (Lipinski definition) is 1. The van der Waals surface area contributed by atoms with Crippen molar-refractivity contribution >= 4 is 0 Å². The molecule has 18 heavy (non-hydrogen) atoms. The fraction of sp³-hybridized carbons (Fsp3) is 1.00. The highest BCUT2D eigenvalue weighted by molar-refractivity contribution is 4.86. The van der Waals surface area contributed by atoms with Gasteiger partial charge in [-0.2, -0.15) is 13.2 Å². The number of alkyl halides is 3. The quantitative estimate of drug-likeness (QED) is 0.846. The van der Waals surface area contributed by atoms with Crippen LogP contribution in [0.2, 0.25) is 0 Å². The summed E-state index contributed by atoms with van der Waals surface area (Å²) in [4.78, 5) is 1.67. The molecule has 1 rings (SSSR count). The standard InChI is InChI=1S/C13H24F3NO/c1-9(2)10-4-5-12(18)11(8-10)17(3)7-6-13(14,15)16/h9-12,18H,4-8H2,1-3H3. The van der Waals surface area contributed by atoms with E-state index in [0.29, 0.717) is 18.3 Å². The zero-order chi connectivity index (χ0) is 13.9. The monoisotopic (exact) mass is 267 g/mol. The minimum absolute atomic E-state index is 0.0317. The van der Waals surface area contributed by atoms with Crippen LogP contribution in [0, 0.1) is 11.8 Å². The Bertz CT molecular complexity index is 255. The Morgan fingerprint density at radius 3 is 2.39 bits per heavy atom. The van der Waals surface area contributed by atoms with E-state index in [-0.39, 0.29) is 12.6 Å². The van der Waals surface area contributed by atoms with E-state index in [1.54, 1.807) is 11.9 Å². The average molecular weight is 267 g/mol. The van der Waals surface area contributed by atoms with E-state index in [9.17, 15) is 18.3 Å². The molecule has 5 heteroatoms. The smallest absolute Gasteiger partial charge is 0.390 e. The maximum absolute atomic E-state index is 12.2. The topological polar surface area (TPSA) is 23.5 Å². The van der Waals surface area contributed by atoms with Gasteiger partial charge in [-0.15, -0.1) is 0 Å². The molecule has 108 valence electrons. The molecule has 0 heterocycles. The Hall–Kier alpha value is -0.290. The lowest BCUT2D eigenvalue weighted by Gasteiger charge is -2.40. The van der Waals surface area contributed by atoms with E-state index in [1.165, 1.54) is 0 Å². The summed E-state index contributed by atoms with van der Waals surface area (Å²) < 4.78 is 36.6. The molecule has 3 unspecified atom stereocenters.